The van der Waals surface area contributed by atoms with Crippen LogP contribution >= 0.6 is 0 Å². The molecule has 0 aromatic rings. The van der Waals surface area contributed by atoms with Gasteiger partial charge in [-0.05, 0) is 13.1 Å². The van der Waals surface area contributed by atoms with Gasteiger partial charge in [0.1, 0.15) is 0 Å². The van der Waals surface area contributed by atoms with Crippen LogP contribution in [0.15, 0.2) is 29.8 Å². The first-order valence-corrected chi connectivity index (χ1v) is 2.63. The first kappa shape index (κ1) is 7.15. The standard InChI is InChI=1S/C7H11N/c1-3-5-6-7-8-4-2/h3-6H,1,7H2,2H3/b6-5+,8-4?. The Morgan fingerprint density at radius 3 is 2.88 bits per heavy atom. The highest BCUT2D eigenvalue weighted by molar-refractivity contribution is 5.53. The number of hydrogen-bond acceptors (Lipinski definition) is 1. The van der Waals surface area contributed by atoms with E-state index in [4.69, 9.17) is 0 Å². The van der Waals surface area contributed by atoms with Gasteiger partial charge in [-0.3, -0.25) is 4.99 Å². The quantitative estimate of drug-likeness (QED) is 0.387. The zero-order chi connectivity index (χ0) is 6.24. The third kappa shape index (κ3) is 5.15. The van der Waals surface area contributed by atoms with Crippen molar-refractivity contribution in [2.75, 3.05) is 6.54 Å². The van der Waals surface area contributed by atoms with Crippen molar-refractivity contribution in [3.05, 3.63) is 24.8 Å². The molecular formula is C7H11N. The summed E-state index contributed by atoms with van der Waals surface area (Å²) in [7, 11) is 0. The van der Waals surface area contributed by atoms with Gasteiger partial charge in [-0.15, -0.1) is 0 Å². The molecule has 0 aliphatic rings. The third-order valence-corrected chi connectivity index (χ3v) is 0.666. The Kier molecular flexibility index (Phi) is 5.50. The zero-order valence-corrected chi connectivity index (χ0v) is 5.17. The molecule has 0 aromatic carbocycles. The number of hydrogen-bond donors (Lipinski definition) is 0. The predicted molar refractivity (Wildman–Crippen MR) is 38.4 cm³/mol. The average molecular weight is 109 g/mol. The average Bonchev–Trinajstić information content (AvgIpc) is 1.81. The summed E-state index contributed by atoms with van der Waals surface area (Å²) in [5.41, 5.74) is 0. The van der Waals surface area contributed by atoms with Gasteiger partial charge in [-0.1, -0.05) is 24.8 Å². The van der Waals surface area contributed by atoms with Gasteiger partial charge in [0.15, 0.2) is 0 Å². The lowest BCUT2D eigenvalue weighted by Crippen LogP contribution is -1.68. The summed E-state index contributed by atoms with van der Waals surface area (Å²) >= 11 is 0. The fourth-order valence-electron chi connectivity index (χ4n) is 0.323. The first-order valence-electron chi connectivity index (χ1n) is 2.63. The maximum absolute atomic E-state index is 3.95. The summed E-state index contributed by atoms with van der Waals surface area (Å²) in [4.78, 5) is 3.95. The maximum Gasteiger partial charge on any atom is 0.0569 e. The highest BCUT2D eigenvalue weighted by Crippen LogP contribution is 1.73. The molecule has 0 unspecified atom stereocenters. The zero-order valence-electron chi connectivity index (χ0n) is 5.17. The lowest BCUT2D eigenvalue weighted by Gasteiger charge is -1.76. The van der Waals surface area contributed by atoms with Gasteiger partial charge in [0.25, 0.3) is 0 Å². The molecule has 0 amide bonds. The Labute approximate surface area is 50.4 Å². The molecule has 44 valence electrons. The Morgan fingerprint density at radius 1 is 1.62 bits per heavy atom. The van der Waals surface area contributed by atoms with E-state index < -0.39 is 0 Å². The van der Waals surface area contributed by atoms with E-state index in [9.17, 15) is 0 Å². The molecule has 0 radical (unpaired) electrons. The molecule has 0 aromatic heterocycles. The summed E-state index contributed by atoms with van der Waals surface area (Å²) in [6, 6.07) is 0. The van der Waals surface area contributed by atoms with E-state index in [1.807, 2.05) is 19.1 Å². The van der Waals surface area contributed by atoms with Crippen LogP contribution in [0.2, 0.25) is 0 Å². The smallest absolute Gasteiger partial charge is 0.0569 e. The minimum atomic E-state index is 0.766. The molecular weight excluding hydrogens is 98.1 g/mol. The second kappa shape index (κ2) is 6.15. The lowest BCUT2D eigenvalue weighted by molar-refractivity contribution is 1.25. The number of allylic oxidation sites excluding steroid dienone is 2. The van der Waals surface area contributed by atoms with Gasteiger partial charge in [0, 0.05) is 0 Å². The second-order valence-electron chi connectivity index (χ2n) is 1.29. The SMILES string of the molecule is C=C/C=C/CN=CC. The molecule has 1 heteroatoms. The van der Waals surface area contributed by atoms with E-state index in [1.165, 1.54) is 0 Å². The van der Waals surface area contributed by atoms with E-state index >= 15 is 0 Å². The maximum atomic E-state index is 3.95. The second-order valence-corrected chi connectivity index (χ2v) is 1.29. The Balaban J connectivity index is 3.15. The van der Waals surface area contributed by atoms with Crippen molar-refractivity contribution in [2.24, 2.45) is 4.99 Å². The van der Waals surface area contributed by atoms with Gasteiger partial charge >= 0.3 is 0 Å². The van der Waals surface area contributed by atoms with Crippen LogP contribution in [0.3, 0.4) is 0 Å². The van der Waals surface area contributed by atoms with Gasteiger partial charge in [0.2, 0.25) is 0 Å². The van der Waals surface area contributed by atoms with Crippen LogP contribution in [0, 0.1) is 0 Å². The number of nitrogens with zero attached hydrogens (tertiary/aromatic N) is 1. The van der Waals surface area contributed by atoms with Crippen molar-refractivity contribution in [2.45, 2.75) is 6.92 Å². The van der Waals surface area contributed by atoms with Gasteiger partial charge in [0.05, 0.1) is 6.54 Å². The molecule has 0 saturated carbocycles. The largest absolute Gasteiger partial charge is 0.294 e. The molecule has 0 saturated heterocycles. The van der Waals surface area contributed by atoms with Gasteiger partial charge in [-0.25, -0.2) is 0 Å². The molecule has 0 aliphatic heterocycles. The van der Waals surface area contributed by atoms with Crippen molar-refractivity contribution >= 4 is 6.21 Å². The van der Waals surface area contributed by atoms with Crippen molar-refractivity contribution in [1.82, 2.24) is 0 Å². The molecule has 0 aliphatic carbocycles. The van der Waals surface area contributed by atoms with Crippen LogP contribution in [-0.4, -0.2) is 12.8 Å². The van der Waals surface area contributed by atoms with E-state index in [2.05, 4.69) is 11.6 Å². The summed E-state index contributed by atoms with van der Waals surface area (Å²) in [6.07, 6.45) is 7.36. The molecule has 8 heavy (non-hydrogen) atoms. The monoisotopic (exact) mass is 109 g/mol. The summed E-state index contributed by atoms with van der Waals surface area (Å²) in [6.45, 7) is 6.19. The minimum absolute atomic E-state index is 0.766. The molecule has 0 bridgehead atoms. The first-order chi connectivity index (χ1) is 3.91. The highest BCUT2D eigenvalue weighted by Gasteiger charge is 1.62. The third-order valence-electron chi connectivity index (χ3n) is 0.666. The molecule has 1 nitrogen and oxygen atoms in total. The van der Waals surface area contributed by atoms with E-state index in [0.29, 0.717) is 0 Å². The van der Waals surface area contributed by atoms with Crippen LogP contribution in [0.1, 0.15) is 6.92 Å². The molecule has 0 atom stereocenters. The Morgan fingerprint density at radius 2 is 2.38 bits per heavy atom. The Hall–Kier alpha value is -0.850. The van der Waals surface area contributed by atoms with Crippen LogP contribution in [0.25, 0.3) is 0 Å². The number of aliphatic imine (C=N–C) groups is 1. The molecule has 0 rings (SSSR count). The van der Waals surface area contributed by atoms with Crippen LogP contribution in [0.5, 0.6) is 0 Å². The van der Waals surface area contributed by atoms with Gasteiger partial charge < -0.3 is 0 Å². The van der Waals surface area contributed by atoms with E-state index in [0.717, 1.165) is 6.54 Å². The van der Waals surface area contributed by atoms with Crippen molar-refractivity contribution < 1.29 is 0 Å². The molecule has 0 N–H and O–H groups in total. The molecule has 0 spiro atoms. The van der Waals surface area contributed by atoms with Crippen LogP contribution in [-0.2, 0) is 0 Å². The van der Waals surface area contributed by atoms with Crippen LogP contribution in [0.4, 0.5) is 0 Å². The Bertz CT molecular complexity index is 101. The van der Waals surface area contributed by atoms with E-state index in [-0.39, 0.29) is 0 Å². The topological polar surface area (TPSA) is 12.4 Å². The lowest BCUT2D eigenvalue weighted by atomic mass is 10.5. The molecule has 0 fully saturated rings. The summed E-state index contributed by atoms with van der Waals surface area (Å²) < 4.78 is 0. The summed E-state index contributed by atoms with van der Waals surface area (Å²) in [5.74, 6) is 0. The fourth-order valence-corrected chi connectivity index (χ4v) is 0.323. The predicted octanol–water partition coefficient (Wildman–Crippen LogP) is 1.82. The van der Waals surface area contributed by atoms with Gasteiger partial charge in [-0.2, -0.15) is 0 Å². The number of rotatable bonds is 3. The van der Waals surface area contributed by atoms with Crippen molar-refractivity contribution in [3.8, 4) is 0 Å². The molecule has 0 heterocycles. The van der Waals surface area contributed by atoms with Crippen LogP contribution < -0.4 is 0 Å². The minimum Gasteiger partial charge on any atom is -0.294 e. The fraction of sp³-hybridized carbons (Fsp3) is 0.286. The van der Waals surface area contributed by atoms with Crippen molar-refractivity contribution in [3.63, 3.8) is 0 Å². The van der Waals surface area contributed by atoms with E-state index in [1.54, 1.807) is 12.3 Å². The van der Waals surface area contributed by atoms with Crippen molar-refractivity contribution in [1.29, 1.82) is 0 Å². The highest BCUT2D eigenvalue weighted by atomic mass is 14.7. The summed E-state index contributed by atoms with van der Waals surface area (Å²) in [5, 5.41) is 0. The normalized spacial score (nSPS) is 11.1.